The quantitative estimate of drug-likeness (QED) is 0.520. The number of imidazole rings is 1. The maximum absolute atomic E-state index is 13.7. The number of primary amides is 2. The number of nitrogens with zero attached hydrogens (tertiary/aromatic N) is 3. The molecule has 0 spiro atoms. The molecule has 3 rings (SSSR count). The Morgan fingerprint density at radius 2 is 1.87 bits per heavy atom. The molecule has 12 heteroatoms. The molecule has 2 heterocycles. The van der Waals surface area contributed by atoms with Crippen LogP contribution in [0.3, 0.4) is 0 Å². The van der Waals surface area contributed by atoms with Gasteiger partial charge in [0.15, 0.2) is 5.69 Å². The molecular weight excluding hydrogens is 417 g/mol. The summed E-state index contributed by atoms with van der Waals surface area (Å²) in [6.07, 6.45) is -3.20. The molecule has 0 atom stereocenters. The van der Waals surface area contributed by atoms with Crippen LogP contribution in [0.4, 0.5) is 13.2 Å². The van der Waals surface area contributed by atoms with Crippen molar-refractivity contribution in [2.75, 3.05) is 39.3 Å². The lowest BCUT2D eigenvalue weighted by Gasteiger charge is -2.27. The number of carbonyl (C=O) groups is 2. The van der Waals surface area contributed by atoms with E-state index < -0.39 is 40.6 Å². The fourth-order valence-corrected chi connectivity index (χ4v) is 3.40. The van der Waals surface area contributed by atoms with Gasteiger partial charge in [-0.3, -0.25) is 14.2 Å². The zero-order valence-electron chi connectivity index (χ0n) is 16.6. The monoisotopic (exact) mass is 440 g/mol. The number of ether oxygens (including phenoxy) is 1. The SMILES string of the molecule is NC(=O)c1ncn(-c2ccc(OCCCN3CCNCC3)cc2C(F)(F)F)c1C(N)=O. The standard InChI is InChI=1S/C19H23F3N6O3/c20-19(21,22)13-10-12(31-9-1-6-27-7-4-25-5-8-27)2-3-14(13)28-11-26-15(17(23)29)16(28)18(24)30/h2-3,10-11,25H,1,4-9H2,(H2,23,29)(H2,24,30). The number of hydrogen-bond acceptors (Lipinski definition) is 6. The molecule has 1 aromatic heterocycles. The molecule has 1 aromatic carbocycles. The van der Waals surface area contributed by atoms with E-state index in [1.165, 1.54) is 6.07 Å². The van der Waals surface area contributed by atoms with Crippen LogP contribution in [0.2, 0.25) is 0 Å². The molecule has 2 aromatic rings. The highest BCUT2D eigenvalue weighted by Gasteiger charge is 2.36. The van der Waals surface area contributed by atoms with Gasteiger partial charge in [0.2, 0.25) is 0 Å². The minimum Gasteiger partial charge on any atom is -0.494 e. The first kappa shape index (κ1) is 22.6. The molecule has 1 fully saturated rings. The Balaban J connectivity index is 1.81. The van der Waals surface area contributed by atoms with Gasteiger partial charge in [-0.15, -0.1) is 0 Å². The minimum atomic E-state index is -4.76. The Labute approximate surface area is 176 Å². The van der Waals surface area contributed by atoms with Gasteiger partial charge in [0.1, 0.15) is 17.8 Å². The van der Waals surface area contributed by atoms with E-state index in [4.69, 9.17) is 16.2 Å². The Morgan fingerprint density at radius 3 is 2.48 bits per heavy atom. The first-order chi connectivity index (χ1) is 14.7. The maximum Gasteiger partial charge on any atom is 0.418 e. The van der Waals surface area contributed by atoms with Crippen molar-refractivity contribution in [2.24, 2.45) is 11.5 Å². The highest BCUT2D eigenvalue weighted by atomic mass is 19.4. The molecule has 0 radical (unpaired) electrons. The van der Waals surface area contributed by atoms with Gasteiger partial charge in [-0.25, -0.2) is 4.98 Å². The van der Waals surface area contributed by atoms with Crippen molar-refractivity contribution in [3.05, 3.63) is 41.5 Å². The fourth-order valence-electron chi connectivity index (χ4n) is 3.40. The van der Waals surface area contributed by atoms with Crippen LogP contribution in [0.1, 0.15) is 33.0 Å². The van der Waals surface area contributed by atoms with E-state index >= 15 is 0 Å². The number of rotatable bonds is 8. The van der Waals surface area contributed by atoms with Crippen molar-refractivity contribution in [2.45, 2.75) is 12.6 Å². The van der Waals surface area contributed by atoms with Gasteiger partial charge in [0, 0.05) is 32.7 Å². The predicted molar refractivity (Wildman–Crippen MR) is 105 cm³/mol. The van der Waals surface area contributed by atoms with Crippen molar-refractivity contribution in [1.29, 1.82) is 0 Å². The summed E-state index contributed by atoms with van der Waals surface area (Å²) >= 11 is 0. The Morgan fingerprint density at radius 1 is 1.16 bits per heavy atom. The molecule has 31 heavy (non-hydrogen) atoms. The van der Waals surface area contributed by atoms with Crippen LogP contribution < -0.4 is 21.5 Å². The molecule has 0 unspecified atom stereocenters. The van der Waals surface area contributed by atoms with Crippen LogP contribution in [0.25, 0.3) is 5.69 Å². The Kier molecular flexibility index (Phi) is 6.81. The van der Waals surface area contributed by atoms with E-state index in [0.717, 1.165) is 55.8 Å². The van der Waals surface area contributed by atoms with Crippen molar-refractivity contribution in [3.63, 3.8) is 0 Å². The summed E-state index contributed by atoms with van der Waals surface area (Å²) in [5.74, 6) is -2.18. The number of nitrogens with one attached hydrogen (secondary N) is 1. The van der Waals surface area contributed by atoms with Gasteiger partial charge < -0.3 is 26.4 Å². The molecular formula is C19H23F3N6O3. The zero-order valence-corrected chi connectivity index (χ0v) is 16.6. The van der Waals surface area contributed by atoms with E-state index in [1.807, 2.05) is 0 Å². The molecule has 0 saturated carbocycles. The van der Waals surface area contributed by atoms with Crippen LogP contribution in [0, 0.1) is 0 Å². The molecule has 1 aliphatic heterocycles. The molecule has 5 N–H and O–H groups in total. The van der Waals surface area contributed by atoms with E-state index in [-0.39, 0.29) is 12.4 Å². The second-order valence-electron chi connectivity index (χ2n) is 7.01. The number of carbonyl (C=O) groups excluding carboxylic acids is 2. The number of aromatic nitrogens is 2. The lowest BCUT2D eigenvalue weighted by molar-refractivity contribution is -0.137. The largest absolute Gasteiger partial charge is 0.494 e. The number of nitrogens with two attached hydrogens (primary N) is 2. The normalized spacial score (nSPS) is 15.1. The third-order valence-electron chi connectivity index (χ3n) is 4.86. The van der Waals surface area contributed by atoms with Crippen LogP contribution in [0.5, 0.6) is 5.75 Å². The Bertz CT molecular complexity index is 954. The van der Waals surface area contributed by atoms with Crippen molar-refractivity contribution in [1.82, 2.24) is 19.8 Å². The summed E-state index contributed by atoms with van der Waals surface area (Å²) in [4.78, 5) is 29.1. The number of alkyl halides is 3. The van der Waals surface area contributed by atoms with Crippen LogP contribution in [-0.4, -0.2) is 65.6 Å². The fraction of sp³-hybridized carbons (Fsp3) is 0.421. The topological polar surface area (TPSA) is 128 Å². The smallest absolute Gasteiger partial charge is 0.418 e. The van der Waals surface area contributed by atoms with E-state index in [1.54, 1.807) is 0 Å². The Hall–Kier alpha value is -3.12. The van der Waals surface area contributed by atoms with Crippen molar-refractivity contribution < 1.29 is 27.5 Å². The van der Waals surface area contributed by atoms with E-state index in [9.17, 15) is 22.8 Å². The van der Waals surface area contributed by atoms with Gasteiger partial charge in [-0.1, -0.05) is 0 Å². The van der Waals surface area contributed by atoms with Gasteiger partial charge in [-0.2, -0.15) is 13.2 Å². The lowest BCUT2D eigenvalue weighted by atomic mass is 10.1. The van der Waals surface area contributed by atoms with Crippen LogP contribution >= 0.6 is 0 Å². The third kappa shape index (κ3) is 5.33. The number of benzene rings is 1. The van der Waals surface area contributed by atoms with Gasteiger partial charge in [-0.05, 0) is 24.6 Å². The minimum absolute atomic E-state index is 0.0345. The van der Waals surface area contributed by atoms with Crippen molar-refractivity contribution in [3.8, 4) is 11.4 Å². The summed E-state index contributed by atoms with van der Waals surface area (Å²) in [5, 5.41) is 3.25. The molecule has 1 saturated heterocycles. The molecule has 2 amide bonds. The molecule has 9 nitrogen and oxygen atoms in total. The first-order valence-corrected chi connectivity index (χ1v) is 9.63. The summed E-state index contributed by atoms with van der Waals surface area (Å²) in [7, 11) is 0. The van der Waals surface area contributed by atoms with E-state index in [0.29, 0.717) is 6.42 Å². The van der Waals surface area contributed by atoms with Gasteiger partial charge in [0.05, 0.1) is 17.9 Å². The number of halogens is 3. The van der Waals surface area contributed by atoms with E-state index in [2.05, 4.69) is 15.2 Å². The second kappa shape index (κ2) is 9.35. The summed E-state index contributed by atoms with van der Waals surface area (Å²) in [5.41, 5.74) is 7.87. The number of hydrogen-bond donors (Lipinski definition) is 3. The zero-order chi connectivity index (χ0) is 22.6. The highest BCUT2D eigenvalue weighted by molar-refractivity contribution is 6.04. The molecule has 168 valence electrons. The second-order valence-corrected chi connectivity index (χ2v) is 7.01. The maximum atomic E-state index is 13.7. The van der Waals surface area contributed by atoms with Gasteiger partial charge >= 0.3 is 6.18 Å². The summed E-state index contributed by atoms with van der Waals surface area (Å²) < 4.78 is 47.5. The summed E-state index contributed by atoms with van der Waals surface area (Å²) in [6.45, 7) is 4.72. The predicted octanol–water partition coefficient (Wildman–Crippen LogP) is 0.763. The van der Waals surface area contributed by atoms with Crippen LogP contribution in [0.15, 0.2) is 24.5 Å². The van der Waals surface area contributed by atoms with Crippen molar-refractivity contribution >= 4 is 11.8 Å². The lowest BCUT2D eigenvalue weighted by Crippen LogP contribution is -2.43. The number of piperazine rings is 1. The van der Waals surface area contributed by atoms with Crippen LogP contribution in [-0.2, 0) is 6.18 Å². The average Bonchev–Trinajstić information content (AvgIpc) is 3.17. The third-order valence-corrected chi connectivity index (χ3v) is 4.86. The summed E-state index contributed by atoms with van der Waals surface area (Å²) in [6, 6.07) is 3.33. The average molecular weight is 440 g/mol. The first-order valence-electron chi connectivity index (χ1n) is 9.63. The van der Waals surface area contributed by atoms with Gasteiger partial charge in [0.25, 0.3) is 11.8 Å². The molecule has 1 aliphatic rings. The number of amides is 2. The highest BCUT2D eigenvalue weighted by Crippen LogP contribution is 2.37. The molecule has 0 aliphatic carbocycles. The molecule has 0 bridgehead atoms.